The maximum atomic E-state index is 12.5. The van der Waals surface area contributed by atoms with Crippen LogP contribution in [0.4, 0.5) is 5.82 Å². The Kier molecular flexibility index (Phi) is 9.88. The fraction of sp³-hybridized carbons (Fsp3) is 0.760. The average molecular weight is 589 g/mol. The van der Waals surface area contributed by atoms with Crippen LogP contribution in [0, 0.1) is 5.92 Å². The summed E-state index contributed by atoms with van der Waals surface area (Å²) < 4.78 is 20.3. The predicted molar refractivity (Wildman–Crippen MR) is 158 cm³/mol. The molecule has 1 aromatic heterocycles. The lowest BCUT2D eigenvalue weighted by molar-refractivity contribution is -0.0377. The molecule has 1 aromatic rings. The van der Waals surface area contributed by atoms with E-state index in [2.05, 4.69) is 52.4 Å². The van der Waals surface area contributed by atoms with Crippen LogP contribution in [0.3, 0.4) is 0 Å². The lowest BCUT2D eigenvalue weighted by Crippen LogP contribution is -2.44. The normalized spacial score (nSPS) is 31.4. The van der Waals surface area contributed by atoms with E-state index in [1.165, 1.54) is 4.57 Å². The number of nitrogens with zero attached hydrogens (tertiary/aromatic N) is 2. The first-order valence-corrected chi connectivity index (χ1v) is 19.4. The summed E-state index contributed by atoms with van der Waals surface area (Å²) in [7, 11) is -2.03. The van der Waals surface area contributed by atoms with Crippen molar-refractivity contribution in [2.75, 3.05) is 12.3 Å². The van der Waals surface area contributed by atoms with Gasteiger partial charge in [0.15, 0.2) is 8.32 Å². The Morgan fingerprint density at radius 1 is 1.46 bits per heavy atom. The highest BCUT2D eigenvalue weighted by Gasteiger charge is 2.49. The standard InChI is InChI=1S/C25H42N3O5PS2Si/c1-16(2)17-9-11-25(6,20(29)13-17)36-34(35)33-18-14-22(28-12-10-21(26)27-23(28)30)32-19(18)15-31-37(7,8)24(3,4)5/h10,12,17-20,22,29H,1,9,11,13-15H2,2-8H3,(H-,26,27,30)/p+1/t17-,18-,19+,20+,22+,25+/m0/s1. The van der Waals surface area contributed by atoms with Gasteiger partial charge in [0.1, 0.15) is 35.6 Å². The minimum absolute atomic E-state index is 0.0486. The fourth-order valence-electron chi connectivity index (χ4n) is 4.40. The van der Waals surface area contributed by atoms with Gasteiger partial charge in [0.2, 0.25) is 11.8 Å². The molecule has 1 aliphatic heterocycles. The molecule has 0 bridgehead atoms. The Hall–Kier alpha value is -0.653. The van der Waals surface area contributed by atoms with Crippen molar-refractivity contribution in [3.8, 4) is 0 Å². The third kappa shape index (κ3) is 7.51. The second-order valence-electron chi connectivity index (χ2n) is 12.1. The van der Waals surface area contributed by atoms with Crippen molar-refractivity contribution in [2.24, 2.45) is 5.92 Å². The van der Waals surface area contributed by atoms with E-state index in [9.17, 15) is 9.90 Å². The maximum Gasteiger partial charge on any atom is 0.415 e. The van der Waals surface area contributed by atoms with Crippen LogP contribution >= 0.6 is 17.5 Å². The zero-order valence-electron chi connectivity index (χ0n) is 23.1. The van der Waals surface area contributed by atoms with E-state index in [1.54, 1.807) is 23.6 Å². The van der Waals surface area contributed by atoms with E-state index in [0.29, 0.717) is 25.4 Å². The van der Waals surface area contributed by atoms with Gasteiger partial charge in [-0.3, -0.25) is 4.57 Å². The highest BCUT2D eigenvalue weighted by molar-refractivity contribution is 8.63. The van der Waals surface area contributed by atoms with E-state index >= 15 is 0 Å². The monoisotopic (exact) mass is 588 g/mol. The summed E-state index contributed by atoms with van der Waals surface area (Å²) in [6.45, 7) is 19.5. The second kappa shape index (κ2) is 11.8. The van der Waals surface area contributed by atoms with Crippen LogP contribution in [0.5, 0.6) is 0 Å². The van der Waals surface area contributed by atoms with E-state index in [0.717, 1.165) is 18.4 Å². The van der Waals surface area contributed by atoms with Crippen LogP contribution in [0.25, 0.3) is 0 Å². The molecular weight excluding hydrogens is 545 g/mol. The third-order valence-electron chi connectivity index (χ3n) is 8.16. The van der Waals surface area contributed by atoms with Crippen LogP contribution in [-0.2, 0) is 25.5 Å². The highest BCUT2D eigenvalue weighted by Crippen LogP contribution is 2.56. The van der Waals surface area contributed by atoms with Crippen molar-refractivity contribution in [3.63, 3.8) is 0 Å². The minimum atomic E-state index is -2.03. The number of aliphatic hydroxyl groups excluding tert-OH is 1. The Bertz CT molecular complexity index is 1070. The fourth-order valence-corrected chi connectivity index (χ4v) is 10.7. The van der Waals surface area contributed by atoms with Gasteiger partial charge in [-0.15, -0.1) is 0 Å². The van der Waals surface area contributed by atoms with Crippen molar-refractivity contribution in [1.82, 2.24) is 9.55 Å². The van der Waals surface area contributed by atoms with Gasteiger partial charge in [-0.2, -0.15) is 9.51 Å². The Balaban J connectivity index is 1.73. The first-order valence-electron chi connectivity index (χ1n) is 12.8. The zero-order valence-corrected chi connectivity index (χ0v) is 26.6. The summed E-state index contributed by atoms with van der Waals surface area (Å²) in [6, 6.07) is 1.58. The number of rotatable bonds is 9. The van der Waals surface area contributed by atoms with Crippen molar-refractivity contribution >= 4 is 43.4 Å². The van der Waals surface area contributed by atoms with Crippen molar-refractivity contribution in [2.45, 2.75) is 108 Å². The van der Waals surface area contributed by atoms with Gasteiger partial charge >= 0.3 is 11.8 Å². The third-order valence-corrected chi connectivity index (χ3v) is 17.0. The quantitative estimate of drug-likeness (QED) is 0.219. The number of anilines is 1. The largest absolute Gasteiger partial charge is 0.415 e. The Morgan fingerprint density at radius 2 is 2.14 bits per heavy atom. The molecule has 0 aromatic carbocycles. The molecule has 8 nitrogen and oxygen atoms in total. The molecule has 3 N–H and O–H groups in total. The first kappa shape index (κ1) is 30.9. The molecular formula is C25H43N3O5PS2Si+. The van der Waals surface area contributed by atoms with Gasteiger partial charge < -0.3 is 20.0 Å². The lowest BCUT2D eigenvalue weighted by Gasteiger charge is -2.38. The lowest BCUT2D eigenvalue weighted by atomic mass is 9.77. The van der Waals surface area contributed by atoms with Gasteiger partial charge in [-0.05, 0) is 63.2 Å². The molecule has 12 heteroatoms. The minimum Gasteiger partial charge on any atom is -0.414 e. The molecule has 0 spiro atoms. The number of ether oxygens (including phenoxy) is 1. The number of hydrogen-bond acceptors (Lipinski definition) is 9. The number of nitrogens with two attached hydrogens (primary N) is 1. The Morgan fingerprint density at radius 3 is 2.70 bits per heavy atom. The van der Waals surface area contributed by atoms with Crippen LogP contribution in [0.1, 0.15) is 66.5 Å². The van der Waals surface area contributed by atoms with Gasteiger partial charge in [-0.25, -0.2) is 4.79 Å². The highest BCUT2D eigenvalue weighted by atomic mass is 32.9. The van der Waals surface area contributed by atoms with E-state index in [-0.39, 0.29) is 27.8 Å². The molecule has 1 saturated heterocycles. The molecule has 3 rings (SSSR count). The molecule has 7 atom stereocenters. The SMILES string of the molecule is C=C(C)[C@H]1CC[C@@](C)(S[P+](=S)O[C@H]2C[C@H](n3ccc(N)nc3=O)O[C@@H]2CO[Si](C)(C)C(C)(C)C)[C@H](O)C1. The number of allylic oxidation sites excluding steroid dienone is 1. The number of hydrogen-bond donors (Lipinski definition) is 2. The van der Waals surface area contributed by atoms with Crippen molar-refractivity contribution in [3.05, 3.63) is 34.9 Å². The summed E-state index contributed by atoms with van der Waals surface area (Å²) >= 11 is 7.38. The molecule has 0 radical (unpaired) electrons. The molecule has 1 saturated carbocycles. The van der Waals surface area contributed by atoms with E-state index < -0.39 is 32.5 Å². The average Bonchev–Trinajstić information content (AvgIpc) is 3.15. The molecule has 2 heterocycles. The van der Waals surface area contributed by atoms with Crippen molar-refractivity contribution < 1.29 is 18.8 Å². The number of aromatic nitrogens is 2. The van der Waals surface area contributed by atoms with Gasteiger partial charge in [-0.1, -0.05) is 32.9 Å². The molecule has 2 aliphatic rings. The zero-order chi connectivity index (χ0) is 27.8. The smallest absolute Gasteiger partial charge is 0.414 e. The van der Waals surface area contributed by atoms with Gasteiger partial charge in [0.05, 0.1) is 17.5 Å². The summed E-state index contributed by atoms with van der Waals surface area (Å²) in [4.78, 5) is 16.3. The molecule has 1 aliphatic carbocycles. The first-order chi connectivity index (χ1) is 17.0. The van der Waals surface area contributed by atoms with E-state index in [1.807, 2.05) is 6.92 Å². The summed E-state index contributed by atoms with van der Waals surface area (Å²) in [5.74, 6) is 0.511. The molecule has 208 valence electrons. The number of nitrogen functional groups attached to an aromatic ring is 1. The summed E-state index contributed by atoms with van der Waals surface area (Å²) in [6.07, 6.45) is 1.50. The van der Waals surface area contributed by atoms with Gasteiger partial charge in [0.25, 0.3) is 0 Å². The van der Waals surface area contributed by atoms with Crippen LogP contribution in [-0.4, -0.2) is 52.6 Å². The van der Waals surface area contributed by atoms with E-state index in [4.69, 9.17) is 31.2 Å². The maximum absolute atomic E-state index is 12.5. The Labute approximate surface area is 232 Å². The molecule has 2 fully saturated rings. The molecule has 37 heavy (non-hydrogen) atoms. The molecule has 1 unspecified atom stereocenters. The predicted octanol–water partition coefficient (Wildman–Crippen LogP) is 5.52. The second-order valence-corrected chi connectivity index (χ2v) is 21.9. The van der Waals surface area contributed by atoms with Gasteiger partial charge in [0, 0.05) is 12.6 Å². The van der Waals surface area contributed by atoms with Crippen LogP contribution in [0.2, 0.25) is 18.1 Å². The van der Waals surface area contributed by atoms with Crippen molar-refractivity contribution in [1.29, 1.82) is 0 Å². The number of aliphatic hydroxyl groups is 1. The van der Waals surface area contributed by atoms with Crippen LogP contribution in [0.15, 0.2) is 29.2 Å². The molecule has 0 amide bonds. The van der Waals surface area contributed by atoms with Crippen LogP contribution < -0.4 is 11.4 Å². The summed E-state index contributed by atoms with van der Waals surface area (Å²) in [5.41, 5.74) is 6.33. The summed E-state index contributed by atoms with van der Waals surface area (Å²) in [5, 5.41) is 11.0. The topological polar surface area (TPSA) is 109 Å².